The highest BCUT2D eigenvalue weighted by molar-refractivity contribution is 5.60. The third kappa shape index (κ3) is 2.99. The fourth-order valence-corrected chi connectivity index (χ4v) is 1.98. The second-order valence-corrected chi connectivity index (χ2v) is 4.69. The lowest BCUT2D eigenvalue weighted by Crippen LogP contribution is -2.17. The summed E-state index contributed by atoms with van der Waals surface area (Å²) in [5.74, 6) is 1.59. The predicted octanol–water partition coefficient (Wildman–Crippen LogP) is 2.42. The highest BCUT2D eigenvalue weighted by Gasteiger charge is 2.13. The van der Waals surface area contributed by atoms with Gasteiger partial charge >= 0.3 is 0 Å². The number of hydrogen-bond donors (Lipinski definition) is 1. The van der Waals surface area contributed by atoms with Gasteiger partial charge in [0.2, 0.25) is 0 Å². The standard InChI is InChI=1S/C14H19N5/c1-10-6-5-7-15-12(10)11(2)18-13-14(19(3)4)17-9-8-16-13/h5-9,11H,1-4H3,(H,16,18). The van der Waals surface area contributed by atoms with Crippen molar-refractivity contribution in [3.63, 3.8) is 0 Å². The SMILES string of the molecule is Cc1cccnc1C(C)Nc1nccnc1N(C)C. The van der Waals surface area contributed by atoms with Gasteiger partial charge in [-0.25, -0.2) is 9.97 Å². The molecule has 0 aliphatic carbocycles. The smallest absolute Gasteiger partial charge is 0.171 e. The summed E-state index contributed by atoms with van der Waals surface area (Å²) >= 11 is 0. The maximum absolute atomic E-state index is 4.42. The molecule has 5 nitrogen and oxygen atoms in total. The van der Waals surface area contributed by atoms with Crippen LogP contribution in [0.1, 0.15) is 24.2 Å². The first-order valence-corrected chi connectivity index (χ1v) is 6.26. The van der Waals surface area contributed by atoms with Crippen LogP contribution in [-0.4, -0.2) is 29.0 Å². The van der Waals surface area contributed by atoms with Crippen LogP contribution in [0.3, 0.4) is 0 Å². The van der Waals surface area contributed by atoms with E-state index in [9.17, 15) is 0 Å². The Morgan fingerprint density at radius 3 is 2.53 bits per heavy atom. The average Bonchev–Trinajstić information content (AvgIpc) is 2.39. The zero-order valence-electron chi connectivity index (χ0n) is 11.8. The van der Waals surface area contributed by atoms with Gasteiger partial charge in [0, 0.05) is 32.7 Å². The van der Waals surface area contributed by atoms with Crippen LogP contribution in [-0.2, 0) is 0 Å². The molecule has 5 heteroatoms. The second-order valence-electron chi connectivity index (χ2n) is 4.69. The van der Waals surface area contributed by atoms with Crippen LogP contribution < -0.4 is 10.2 Å². The molecule has 1 unspecified atom stereocenters. The number of nitrogens with zero attached hydrogens (tertiary/aromatic N) is 4. The van der Waals surface area contributed by atoms with Gasteiger partial charge in [-0.2, -0.15) is 0 Å². The summed E-state index contributed by atoms with van der Waals surface area (Å²) in [4.78, 5) is 15.0. The summed E-state index contributed by atoms with van der Waals surface area (Å²) in [5.41, 5.74) is 2.19. The molecule has 2 aromatic heterocycles. The van der Waals surface area contributed by atoms with Crippen molar-refractivity contribution in [1.29, 1.82) is 0 Å². The topological polar surface area (TPSA) is 53.9 Å². The van der Waals surface area contributed by atoms with Crippen molar-refractivity contribution < 1.29 is 0 Å². The molecule has 19 heavy (non-hydrogen) atoms. The van der Waals surface area contributed by atoms with E-state index in [2.05, 4.69) is 40.2 Å². The van der Waals surface area contributed by atoms with E-state index in [1.807, 2.05) is 31.3 Å². The van der Waals surface area contributed by atoms with Gasteiger partial charge in [0.05, 0.1) is 11.7 Å². The van der Waals surface area contributed by atoms with E-state index in [1.165, 1.54) is 0 Å². The van der Waals surface area contributed by atoms with Gasteiger partial charge in [0.1, 0.15) is 0 Å². The predicted molar refractivity (Wildman–Crippen MR) is 77.4 cm³/mol. The Morgan fingerprint density at radius 2 is 1.84 bits per heavy atom. The van der Waals surface area contributed by atoms with Gasteiger partial charge in [0.25, 0.3) is 0 Å². The van der Waals surface area contributed by atoms with Crippen LogP contribution in [0.4, 0.5) is 11.6 Å². The van der Waals surface area contributed by atoms with Crippen molar-refractivity contribution in [2.75, 3.05) is 24.3 Å². The molecular formula is C14H19N5. The van der Waals surface area contributed by atoms with Gasteiger partial charge in [-0.3, -0.25) is 4.98 Å². The number of rotatable bonds is 4. The molecule has 0 spiro atoms. The maximum Gasteiger partial charge on any atom is 0.171 e. The number of nitrogens with one attached hydrogen (secondary N) is 1. The zero-order chi connectivity index (χ0) is 13.8. The molecule has 0 amide bonds. The van der Waals surface area contributed by atoms with E-state index < -0.39 is 0 Å². The molecule has 0 aliphatic heterocycles. The Balaban J connectivity index is 2.24. The normalized spacial score (nSPS) is 12.0. The molecule has 0 radical (unpaired) electrons. The van der Waals surface area contributed by atoms with E-state index in [0.717, 1.165) is 22.9 Å². The van der Waals surface area contributed by atoms with Gasteiger partial charge in [-0.05, 0) is 25.5 Å². The first-order valence-electron chi connectivity index (χ1n) is 6.26. The number of aryl methyl sites for hydroxylation is 1. The van der Waals surface area contributed by atoms with Crippen LogP contribution in [0.5, 0.6) is 0 Å². The number of anilines is 2. The molecular weight excluding hydrogens is 238 g/mol. The monoisotopic (exact) mass is 257 g/mol. The summed E-state index contributed by atoms with van der Waals surface area (Å²) in [6, 6.07) is 4.08. The Bertz CT molecular complexity index is 553. The van der Waals surface area contributed by atoms with Crippen molar-refractivity contribution in [2.45, 2.75) is 19.9 Å². The lowest BCUT2D eigenvalue weighted by atomic mass is 10.1. The van der Waals surface area contributed by atoms with Crippen molar-refractivity contribution >= 4 is 11.6 Å². The summed E-state index contributed by atoms with van der Waals surface area (Å²) < 4.78 is 0. The lowest BCUT2D eigenvalue weighted by Gasteiger charge is -2.20. The van der Waals surface area contributed by atoms with Gasteiger partial charge in [-0.15, -0.1) is 0 Å². The maximum atomic E-state index is 4.42. The molecule has 1 atom stereocenters. The van der Waals surface area contributed by atoms with Crippen LogP contribution in [0.2, 0.25) is 0 Å². The molecule has 1 N–H and O–H groups in total. The Hall–Kier alpha value is -2.17. The summed E-state index contributed by atoms with van der Waals surface area (Å²) in [6.07, 6.45) is 5.19. The van der Waals surface area contributed by atoms with E-state index in [1.54, 1.807) is 12.4 Å². The fourth-order valence-electron chi connectivity index (χ4n) is 1.98. The zero-order valence-corrected chi connectivity index (χ0v) is 11.8. The first-order chi connectivity index (χ1) is 9.09. The molecule has 2 heterocycles. The lowest BCUT2D eigenvalue weighted by molar-refractivity contribution is 0.817. The number of hydrogen-bond acceptors (Lipinski definition) is 5. The van der Waals surface area contributed by atoms with Crippen molar-refractivity contribution in [3.8, 4) is 0 Å². The third-order valence-electron chi connectivity index (χ3n) is 2.92. The minimum absolute atomic E-state index is 0.0802. The van der Waals surface area contributed by atoms with Crippen LogP contribution in [0, 0.1) is 6.92 Å². The van der Waals surface area contributed by atoms with Gasteiger partial charge in [-0.1, -0.05) is 6.07 Å². The fraction of sp³-hybridized carbons (Fsp3) is 0.357. The van der Waals surface area contributed by atoms with Crippen LogP contribution in [0.15, 0.2) is 30.7 Å². The first kappa shape index (κ1) is 13.3. The van der Waals surface area contributed by atoms with E-state index in [0.29, 0.717) is 0 Å². The molecule has 100 valence electrons. The number of aromatic nitrogens is 3. The summed E-state index contributed by atoms with van der Waals surface area (Å²) in [5, 5.41) is 3.37. The van der Waals surface area contributed by atoms with E-state index >= 15 is 0 Å². The van der Waals surface area contributed by atoms with E-state index in [-0.39, 0.29) is 6.04 Å². The Labute approximate surface area is 113 Å². The largest absolute Gasteiger partial charge is 0.360 e. The molecule has 2 aromatic rings. The van der Waals surface area contributed by atoms with E-state index in [4.69, 9.17) is 0 Å². The minimum Gasteiger partial charge on any atom is -0.360 e. The average molecular weight is 257 g/mol. The Morgan fingerprint density at radius 1 is 1.11 bits per heavy atom. The minimum atomic E-state index is 0.0802. The quantitative estimate of drug-likeness (QED) is 0.911. The molecule has 0 aliphatic rings. The molecule has 0 saturated carbocycles. The Kier molecular flexibility index (Phi) is 3.94. The van der Waals surface area contributed by atoms with Crippen molar-refractivity contribution in [2.24, 2.45) is 0 Å². The van der Waals surface area contributed by atoms with Gasteiger partial charge < -0.3 is 10.2 Å². The second kappa shape index (κ2) is 5.65. The third-order valence-corrected chi connectivity index (χ3v) is 2.92. The van der Waals surface area contributed by atoms with Gasteiger partial charge in [0.15, 0.2) is 11.6 Å². The molecule has 0 saturated heterocycles. The molecule has 0 fully saturated rings. The highest BCUT2D eigenvalue weighted by Crippen LogP contribution is 2.23. The number of pyridine rings is 1. The summed E-state index contributed by atoms with van der Waals surface area (Å²) in [6.45, 7) is 4.13. The molecule has 0 aromatic carbocycles. The summed E-state index contributed by atoms with van der Waals surface area (Å²) in [7, 11) is 3.90. The highest BCUT2D eigenvalue weighted by atomic mass is 15.2. The van der Waals surface area contributed by atoms with Crippen LogP contribution >= 0.6 is 0 Å². The molecule has 2 rings (SSSR count). The molecule has 0 bridgehead atoms. The van der Waals surface area contributed by atoms with Crippen molar-refractivity contribution in [1.82, 2.24) is 15.0 Å². The van der Waals surface area contributed by atoms with Crippen molar-refractivity contribution in [3.05, 3.63) is 42.0 Å². The van der Waals surface area contributed by atoms with Crippen LogP contribution in [0.25, 0.3) is 0 Å².